The smallest absolute Gasteiger partial charge is 0.353 e. The number of alkyl halides is 4. The molecule has 0 spiro atoms. The molecule has 8 nitrogen and oxygen atoms in total. The minimum absolute atomic E-state index is 0.246. The fourth-order valence-electron chi connectivity index (χ4n) is 4.07. The van der Waals surface area contributed by atoms with Gasteiger partial charge in [-0.05, 0) is 61.5 Å². The number of aromatic amines is 1. The molecule has 0 unspecified atom stereocenters. The molecule has 2 aromatic carbocycles. The quantitative estimate of drug-likeness (QED) is 0.183. The highest BCUT2D eigenvalue weighted by Gasteiger charge is 2.34. The number of halogens is 4. The predicted molar refractivity (Wildman–Crippen MR) is 140 cm³/mol. The van der Waals surface area contributed by atoms with Crippen molar-refractivity contribution in [2.24, 2.45) is 0 Å². The number of carbonyl (C=O) groups is 1. The summed E-state index contributed by atoms with van der Waals surface area (Å²) in [4.78, 5) is 24.3. The number of rotatable bonds is 7. The molecule has 3 N–H and O–H groups in total. The maximum absolute atomic E-state index is 13.9. The van der Waals surface area contributed by atoms with Crippen LogP contribution in [0, 0.1) is 6.92 Å². The number of amides is 1. The average molecular weight is 558 g/mol. The van der Waals surface area contributed by atoms with Gasteiger partial charge in [0.1, 0.15) is 23.6 Å². The highest BCUT2D eigenvalue weighted by Crippen LogP contribution is 2.33. The van der Waals surface area contributed by atoms with E-state index in [9.17, 15) is 22.4 Å². The van der Waals surface area contributed by atoms with Crippen molar-refractivity contribution in [1.82, 2.24) is 20.2 Å². The molecule has 13 heteroatoms. The Kier molecular flexibility index (Phi) is 7.42. The van der Waals surface area contributed by atoms with Crippen molar-refractivity contribution >= 4 is 40.8 Å². The Labute approximate surface area is 225 Å². The second-order valence-electron chi connectivity index (χ2n) is 8.90. The van der Waals surface area contributed by atoms with Crippen molar-refractivity contribution in [2.75, 3.05) is 28.6 Å². The van der Waals surface area contributed by atoms with Crippen molar-refractivity contribution in [3.63, 3.8) is 0 Å². The molecule has 1 aliphatic heterocycles. The van der Waals surface area contributed by atoms with Crippen LogP contribution in [0.4, 0.5) is 40.7 Å². The number of nitrogens with one attached hydrogen (secondary N) is 3. The first-order chi connectivity index (χ1) is 18.6. The van der Waals surface area contributed by atoms with Crippen molar-refractivity contribution in [2.45, 2.75) is 35.7 Å². The van der Waals surface area contributed by atoms with Crippen LogP contribution < -0.4 is 15.5 Å². The van der Waals surface area contributed by atoms with Gasteiger partial charge in [-0.25, -0.2) is 14.4 Å². The first kappa shape index (κ1) is 26.5. The summed E-state index contributed by atoms with van der Waals surface area (Å²) in [6.07, 6.45) is -5.14. The summed E-state index contributed by atoms with van der Waals surface area (Å²) in [5.74, 6) is 0.866. The Balaban J connectivity index is 1.33. The summed E-state index contributed by atoms with van der Waals surface area (Å²) in [5, 5.41) is 13.0. The summed E-state index contributed by atoms with van der Waals surface area (Å²) < 4.78 is 53.7. The lowest BCUT2D eigenvalue weighted by molar-refractivity contribution is -0.137. The molecule has 0 bridgehead atoms. The normalized spacial score (nSPS) is 15.4. The molecule has 39 heavy (non-hydrogen) atoms. The minimum Gasteiger partial charge on any atom is -0.353 e. The molecule has 1 aliphatic rings. The Morgan fingerprint density at radius 2 is 1.87 bits per heavy atom. The number of benzene rings is 2. The number of aromatic nitrogens is 4. The average Bonchev–Trinajstić information content (AvgIpc) is 3.52. The third-order valence-corrected chi connectivity index (χ3v) is 6.79. The standard InChI is InChI=1S/C26H23F4N7OS/c1-15-12-22(36-35-15)32-21-13-23(37-11-10-16(27)14-37)34-25(33-21)39-18-8-6-17(7-9-18)31-24(38)19-4-2-3-5-20(19)26(28,29)30/h2-9,12-13,16H,10-11,14H2,1H3,(H,31,38)(H2,32,33,34,35,36)/t16-/m1/s1. The molecule has 4 aromatic rings. The first-order valence-corrected chi connectivity index (χ1v) is 12.8. The topological polar surface area (TPSA) is 98.8 Å². The van der Waals surface area contributed by atoms with Crippen LogP contribution >= 0.6 is 11.8 Å². The number of hydrogen-bond donors (Lipinski definition) is 3. The molecule has 2 aromatic heterocycles. The maximum Gasteiger partial charge on any atom is 0.417 e. The van der Waals surface area contributed by atoms with E-state index in [0.717, 1.165) is 22.7 Å². The second kappa shape index (κ2) is 10.9. The zero-order valence-corrected chi connectivity index (χ0v) is 21.4. The van der Waals surface area contributed by atoms with Gasteiger partial charge in [-0.1, -0.05) is 12.1 Å². The lowest BCUT2D eigenvalue weighted by atomic mass is 10.1. The highest BCUT2D eigenvalue weighted by atomic mass is 32.2. The van der Waals surface area contributed by atoms with Crippen LogP contribution in [0.15, 0.2) is 70.7 Å². The van der Waals surface area contributed by atoms with Gasteiger partial charge >= 0.3 is 6.18 Å². The van der Waals surface area contributed by atoms with Crippen LogP contribution in [0.25, 0.3) is 0 Å². The number of aryl methyl sites for hydroxylation is 1. The van der Waals surface area contributed by atoms with E-state index in [2.05, 4.69) is 30.8 Å². The molecule has 1 saturated heterocycles. The van der Waals surface area contributed by atoms with Crippen molar-refractivity contribution < 1.29 is 22.4 Å². The van der Waals surface area contributed by atoms with Crippen LogP contribution in [-0.2, 0) is 6.18 Å². The molecule has 202 valence electrons. The third-order valence-electron chi connectivity index (χ3n) is 5.91. The molecule has 1 atom stereocenters. The summed E-state index contributed by atoms with van der Waals surface area (Å²) in [6, 6.07) is 14.8. The molecule has 5 rings (SSSR count). The van der Waals surface area contributed by atoms with E-state index in [1.165, 1.54) is 23.9 Å². The Morgan fingerprint density at radius 1 is 1.10 bits per heavy atom. The first-order valence-electron chi connectivity index (χ1n) is 12.0. The van der Waals surface area contributed by atoms with Gasteiger partial charge in [-0.2, -0.15) is 18.3 Å². The number of H-pyrrole nitrogens is 1. The van der Waals surface area contributed by atoms with Crippen LogP contribution in [0.3, 0.4) is 0 Å². The third kappa shape index (κ3) is 6.48. The molecule has 0 saturated carbocycles. The zero-order chi connectivity index (χ0) is 27.6. The van der Waals surface area contributed by atoms with Crippen molar-refractivity contribution in [3.8, 4) is 0 Å². The molecule has 0 radical (unpaired) electrons. The maximum atomic E-state index is 13.9. The fraction of sp³-hybridized carbons (Fsp3) is 0.231. The number of anilines is 4. The van der Waals surface area contributed by atoms with Gasteiger partial charge in [0, 0.05) is 29.3 Å². The van der Waals surface area contributed by atoms with Crippen LogP contribution in [0.1, 0.15) is 28.0 Å². The second-order valence-corrected chi connectivity index (χ2v) is 9.94. The van der Waals surface area contributed by atoms with E-state index >= 15 is 0 Å². The SMILES string of the molecule is Cc1cc(Nc2cc(N3CC[C@@H](F)C3)nc(Sc3ccc(NC(=O)c4ccccc4C(F)(F)F)cc3)n2)[nH]n1. The zero-order valence-electron chi connectivity index (χ0n) is 20.6. The lowest BCUT2D eigenvalue weighted by Crippen LogP contribution is -2.21. The minimum atomic E-state index is -4.65. The summed E-state index contributed by atoms with van der Waals surface area (Å²) >= 11 is 1.25. The molecule has 0 aliphatic carbocycles. The highest BCUT2D eigenvalue weighted by molar-refractivity contribution is 7.99. The van der Waals surface area contributed by atoms with Crippen molar-refractivity contribution in [3.05, 3.63) is 77.5 Å². The van der Waals surface area contributed by atoms with Gasteiger partial charge in [-0.3, -0.25) is 9.89 Å². The van der Waals surface area contributed by atoms with Gasteiger partial charge in [-0.15, -0.1) is 0 Å². The van der Waals surface area contributed by atoms with E-state index in [1.807, 2.05) is 17.9 Å². The molecule has 1 amide bonds. The largest absolute Gasteiger partial charge is 0.417 e. The molecule has 3 heterocycles. The van der Waals surface area contributed by atoms with E-state index in [0.29, 0.717) is 41.3 Å². The van der Waals surface area contributed by atoms with Crippen LogP contribution in [-0.4, -0.2) is 45.3 Å². The van der Waals surface area contributed by atoms with Gasteiger partial charge < -0.3 is 15.5 Å². The Morgan fingerprint density at radius 3 is 2.54 bits per heavy atom. The number of nitrogens with zero attached hydrogens (tertiary/aromatic N) is 4. The summed E-state index contributed by atoms with van der Waals surface area (Å²) in [6.45, 7) is 2.63. The molecular formula is C26H23F4N7OS. The van der Waals surface area contributed by atoms with Gasteiger partial charge in [0.05, 0.1) is 23.4 Å². The Hall–Kier alpha value is -4.13. The van der Waals surface area contributed by atoms with E-state index in [-0.39, 0.29) is 6.54 Å². The summed E-state index contributed by atoms with van der Waals surface area (Å²) in [5.41, 5.74) is -0.327. The molecular weight excluding hydrogens is 534 g/mol. The lowest BCUT2D eigenvalue weighted by Gasteiger charge is -2.18. The van der Waals surface area contributed by atoms with Gasteiger partial charge in [0.25, 0.3) is 5.91 Å². The van der Waals surface area contributed by atoms with E-state index in [1.54, 1.807) is 30.3 Å². The van der Waals surface area contributed by atoms with Crippen molar-refractivity contribution in [1.29, 1.82) is 0 Å². The van der Waals surface area contributed by atoms with Crippen LogP contribution in [0.2, 0.25) is 0 Å². The Bertz CT molecular complexity index is 1480. The van der Waals surface area contributed by atoms with Gasteiger partial charge in [0.2, 0.25) is 0 Å². The monoisotopic (exact) mass is 557 g/mol. The van der Waals surface area contributed by atoms with E-state index < -0.39 is 29.4 Å². The molecule has 1 fully saturated rings. The fourth-order valence-corrected chi connectivity index (χ4v) is 4.84. The van der Waals surface area contributed by atoms with E-state index in [4.69, 9.17) is 0 Å². The summed E-state index contributed by atoms with van der Waals surface area (Å²) in [7, 11) is 0. The number of carbonyl (C=O) groups excluding carboxylic acids is 1. The predicted octanol–water partition coefficient (Wildman–Crippen LogP) is 6.22. The van der Waals surface area contributed by atoms with Crippen LogP contribution in [0.5, 0.6) is 0 Å². The van der Waals surface area contributed by atoms with Gasteiger partial charge in [0.15, 0.2) is 5.16 Å². The number of hydrogen-bond acceptors (Lipinski definition) is 7.